The highest BCUT2D eigenvalue weighted by Crippen LogP contribution is 2.22. The van der Waals surface area contributed by atoms with Crippen LogP contribution in [0.3, 0.4) is 0 Å². The molecule has 0 saturated heterocycles. The van der Waals surface area contributed by atoms with Gasteiger partial charge < -0.3 is 26.1 Å². The average Bonchev–Trinajstić information content (AvgIpc) is 2.66. The third kappa shape index (κ3) is 8.66. The van der Waals surface area contributed by atoms with Crippen molar-refractivity contribution in [2.75, 3.05) is 13.7 Å². The second-order valence-corrected chi connectivity index (χ2v) is 6.48. The van der Waals surface area contributed by atoms with Crippen LogP contribution >= 0.6 is 0 Å². The van der Waals surface area contributed by atoms with E-state index in [2.05, 4.69) is 18.2 Å². The highest BCUT2D eigenvalue weighted by Gasteiger charge is 2.09. The molecule has 0 aliphatic rings. The predicted molar refractivity (Wildman–Crippen MR) is 108 cm³/mol. The van der Waals surface area contributed by atoms with Crippen molar-refractivity contribution in [3.8, 4) is 5.75 Å². The van der Waals surface area contributed by atoms with Crippen LogP contribution in [-0.4, -0.2) is 36.6 Å². The van der Waals surface area contributed by atoms with Gasteiger partial charge in [-0.1, -0.05) is 30.7 Å². The zero-order valence-electron chi connectivity index (χ0n) is 16.1. The molecule has 6 nitrogen and oxygen atoms in total. The normalized spacial score (nSPS) is 11.4. The minimum Gasteiger partial charge on any atom is -0.497 e. The van der Waals surface area contributed by atoms with Crippen molar-refractivity contribution in [2.24, 2.45) is 11.5 Å². The summed E-state index contributed by atoms with van der Waals surface area (Å²) in [6.45, 7) is 2.23. The summed E-state index contributed by atoms with van der Waals surface area (Å²) in [6.07, 6.45) is 3.59. The number of rotatable bonds is 9. The van der Waals surface area contributed by atoms with E-state index in [1.54, 1.807) is 14.0 Å². The Morgan fingerprint density at radius 2 is 1.78 bits per heavy atom. The molecule has 0 amide bonds. The van der Waals surface area contributed by atoms with Crippen molar-refractivity contribution < 1.29 is 19.4 Å². The first-order chi connectivity index (χ1) is 12.9. The number of carboxylic acids is 1. The number of nitrogens with two attached hydrogens (primary N) is 2. The van der Waals surface area contributed by atoms with Crippen LogP contribution in [0.15, 0.2) is 36.4 Å². The average molecular weight is 374 g/mol. The molecule has 0 spiro atoms. The Bertz CT molecular complexity index is 746. The number of hydrogen-bond acceptors (Lipinski definition) is 5. The van der Waals surface area contributed by atoms with Gasteiger partial charge in [-0.25, -0.2) is 0 Å². The minimum absolute atomic E-state index is 0.236. The number of carbonyl (C=O) groups is 2. The monoisotopic (exact) mass is 374 g/mol. The van der Waals surface area contributed by atoms with Crippen molar-refractivity contribution in [2.45, 2.75) is 45.1 Å². The summed E-state index contributed by atoms with van der Waals surface area (Å²) in [5.41, 5.74) is 11.6. The number of fused-ring (bicyclic) bond motifs is 1. The number of carboxylic acid groups (broad SMARTS) is 1. The Hall–Kier alpha value is -2.44. The van der Waals surface area contributed by atoms with Gasteiger partial charge in [0, 0.05) is 6.42 Å². The fourth-order valence-corrected chi connectivity index (χ4v) is 2.51. The maximum absolute atomic E-state index is 10.9. The number of ketones is 1. The molecule has 0 aliphatic heterocycles. The number of carbonyl (C=O) groups excluding carboxylic acids is 1. The third-order valence-corrected chi connectivity index (χ3v) is 4.16. The molecule has 1 atom stereocenters. The lowest BCUT2D eigenvalue weighted by molar-refractivity contribution is -0.138. The van der Waals surface area contributed by atoms with Crippen LogP contribution in [0.25, 0.3) is 10.8 Å². The summed E-state index contributed by atoms with van der Waals surface area (Å²) in [7, 11) is 1.67. The van der Waals surface area contributed by atoms with Crippen LogP contribution in [0.2, 0.25) is 0 Å². The number of unbranched alkanes of at least 4 members (excludes halogenated alkanes) is 1. The topological polar surface area (TPSA) is 116 Å². The van der Waals surface area contributed by atoms with E-state index in [1.165, 1.54) is 10.9 Å². The number of Topliss-reactive ketones (excluding diaryl/α,β-unsaturated/α-hetero) is 1. The first kappa shape index (κ1) is 22.6. The van der Waals surface area contributed by atoms with Gasteiger partial charge in [0.15, 0.2) is 0 Å². The van der Waals surface area contributed by atoms with Crippen LogP contribution in [0, 0.1) is 0 Å². The number of aliphatic carboxylic acids is 1. The van der Waals surface area contributed by atoms with Crippen molar-refractivity contribution in [1.29, 1.82) is 0 Å². The molecule has 0 aliphatic carbocycles. The van der Waals surface area contributed by atoms with Crippen LogP contribution in [0.5, 0.6) is 5.75 Å². The molecule has 0 aromatic heterocycles. The summed E-state index contributed by atoms with van der Waals surface area (Å²) < 4.78 is 5.19. The summed E-state index contributed by atoms with van der Waals surface area (Å²) >= 11 is 0. The molecule has 0 radical (unpaired) electrons. The molecule has 5 N–H and O–H groups in total. The highest BCUT2D eigenvalue weighted by atomic mass is 16.5. The lowest BCUT2D eigenvalue weighted by Crippen LogP contribution is -2.29. The lowest BCUT2D eigenvalue weighted by Gasteiger charge is -2.05. The number of methoxy groups -OCH3 is 1. The summed E-state index contributed by atoms with van der Waals surface area (Å²) in [5.74, 6) is 0.172. The van der Waals surface area contributed by atoms with Gasteiger partial charge in [-0.05, 0) is 61.2 Å². The van der Waals surface area contributed by atoms with E-state index in [0.29, 0.717) is 19.4 Å². The molecular formula is C21H30N2O4. The largest absolute Gasteiger partial charge is 0.497 e. The Morgan fingerprint density at radius 3 is 2.37 bits per heavy atom. The van der Waals surface area contributed by atoms with Crippen LogP contribution in [0.4, 0.5) is 0 Å². The van der Waals surface area contributed by atoms with Gasteiger partial charge in [-0.3, -0.25) is 4.79 Å². The Balaban J connectivity index is 0.000000314. The maximum Gasteiger partial charge on any atom is 0.320 e. The molecule has 0 bridgehead atoms. The van der Waals surface area contributed by atoms with Crippen LogP contribution in [0.1, 0.15) is 38.2 Å². The summed E-state index contributed by atoms with van der Waals surface area (Å²) in [4.78, 5) is 21.1. The Labute approximate surface area is 160 Å². The zero-order chi connectivity index (χ0) is 20.2. The predicted octanol–water partition coefficient (Wildman–Crippen LogP) is 2.90. The zero-order valence-corrected chi connectivity index (χ0v) is 16.1. The minimum atomic E-state index is -0.933. The van der Waals surface area contributed by atoms with Crippen molar-refractivity contribution >= 4 is 22.5 Å². The quantitative estimate of drug-likeness (QED) is 0.581. The van der Waals surface area contributed by atoms with E-state index in [4.69, 9.17) is 21.3 Å². The van der Waals surface area contributed by atoms with Crippen molar-refractivity contribution in [3.05, 3.63) is 42.0 Å². The standard InChI is InChI=1S/C15H16O2.C6H14N2O2/c1-11(16)3-4-12-5-6-14-10-15(17-2)8-7-13(14)9-12;7-4-2-1-3-5(8)6(9)10/h5-10H,3-4H2,1-2H3;5H,1-4,7-8H2,(H,9,10)/t;5-/m.0/s1. The second-order valence-electron chi connectivity index (χ2n) is 6.48. The molecule has 2 rings (SSSR count). The number of ether oxygens (including phenoxy) is 1. The van der Waals surface area contributed by atoms with Gasteiger partial charge in [0.25, 0.3) is 0 Å². The van der Waals surface area contributed by atoms with E-state index in [1.807, 2.05) is 18.2 Å². The SMILES string of the molecule is COc1ccc2cc(CCC(C)=O)ccc2c1.NCCCC[C@H](N)C(=O)O. The molecule has 2 aromatic rings. The molecule has 0 fully saturated rings. The van der Waals surface area contributed by atoms with Gasteiger partial charge in [0.1, 0.15) is 17.6 Å². The van der Waals surface area contributed by atoms with E-state index >= 15 is 0 Å². The molecule has 0 heterocycles. The van der Waals surface area contributed by atoms with E-state index in [0.717, 1.165) is 30.4 Å². The molecule has 27 heavy (non-hydrogen) atoms. The number of benzene rings is 2. The Kier molecular flexibility index (Phi) is 10.1. The van der Waals surface area contributed by atoms with Gasteiger partial charge in [0.2, 0.25) is 0 Å². The molecule has 148 valence electrons. The van der Waals surface area contributed by atoms with Gasteiger partial charge in [-0.2, -0.15) is 0 Å². The van der Waals surface area contributed by atoms with Crippen LogP contribution in [-0.2, 0) is 16.0 Å². The van der Waals surface area contributed by atoms with E-state index < -0.39 is 12.0 Å². The Morgan fingerprint density at radius 1 is 1.11 bits per heavy atom. The van der Waals surface area contributed by atoms with E-state index in [-0.39, 0.29) is 5.78 Å². The molecular weight excluding hydrogens is 344 g/mol. The van der Waals surface area contributed by atoms with Crippen molar-refractivity contribution in [1.82, 2.24) is 0 Å². The molecule has 2 aromatic carbocycles. The highest BCUT2D eigenvalue weighted by molar-refractivity contribution is 5.84. The first-order valence-electron chi connectivity index (χ1n) is 9.12. The molecule has 0 unspecified atom stereocenters. The van der Waals surface area contributed by atoms with Gasteiger partial charge in [-0.15, -0.1) is 0 Å². The smallest absolute Gasteiger partial charge is 0.320 e. The summed E-state index contributed by atoms with van der Waals surface area (Å²) in [6, 6.07) is 11.6. The number of aryl methyl sites for hydroxylation is 1. The fourth-order valence-electron chi connectivity index (χ4n) is 2.51. The number of hydrogen-bond donors (Lipinski definition) is 3. The lowest BCUT2D eigenvalue weighted by atomic mass is 10.0. The van der Waals surface area contributed by atoms with Gasteiger partial charge >= 0.3 is 5.97 Å². The summed E-state index contributed by atoms with van der Waals surface area (Å²) in [5, 5.41) is 10.7. The maximum atomic E-state index is 10.9. The molecule has 6 heteroatoms. The van der Waals surface area contributed by atoms with E-state index in [9.17, 15) is 9.59 Å². The van der Waals surface area contributed by atoms with Crippen LogP contribution < -0.4 is 16.2 Å². The third-order valence-electron chi connectivity index (χ3n) is 4.16. The second kappa shape index (κ2) is 12.0. The van der Waals surface area contributed by atoms with Crippen molar-refractivity contribution in [3.63, 3.8) is 0 Å². The fraction of sp³-hybridized carbons (Fsp3) is 0.429. The van der Waals surface area contributed by atoms with Gasteiger partial charge in [0.05, 0.1) is 7.11 Å². The molecule has 0 saturated carbocycles. The first-order valence-corrected chi connectivity index (χ1v) is 9.12.